The van der Waals surface area contributed by atoms with Gasteiger partial charge in [0.1, 0.15) is 16.4 Å². The van der Waals surface area contributed by atoms with Gasteiger partial charge in [0.25, 0.3) is 0 Å². The van der Waals surface area contributed by atoms with Crippen LogP contribution in [-0.2, 0) is 14.8 Å². The van der Waals surface area contributed by atoms with E-state index in [-0.39, 0.29) is 31.2 Å². The average Bonchev–Trinajstić information content (AvgIpc) is 2.48. The number of alkyl halides is 1. The van der Waals surface area contributed by atoms with Crippen LogP contribution in [0.5, 0.6) is 0 Å². The molecule has 0 aliphatic heterocycles. The van der Waals surface area contributed by atoms with E-state index in [2.05, 4.69) is 4.72 Å². The van der Waals surface area contributed by atoms with Crippen molar-refractivity contribution in [1.82, 2.24) is 4.72 Å². The zero-order valence-electron chi connectivity index (χ0n) is 12.7. The summed E-state index contributed by atoms with van der Waals surface area (Å²) in [4.78, 5) is 10.3. The van der Waals surface area contributed by atoms with Crippen LogP contribution in [-0.4, -0.2) is 31.7 Å². The lowest BCUT2D eigenvalue weighted by Crippen LogP contribution is -2.43. The van der Waals surface area contributed by atoms with Crippen molar-refractivity contribution in [2.75, 3.05) is 6.54 Å². The molecule has 0 amide bonds. The number of benzene rings is 1. The summed E-state index contributed by atoms with van der Waals surface area (Å²) in [6, 6.07) is 3.98. The van der Waals surface area contributed by atoms with Gasteiger partial charge in [0, 0.05) is 6.54 Å². The Morgan fingerprint density at radius 1 is 1.39 bits per heavy atom. The van der Waals surface area contributed by atoms with Crippen LogP contribution in [0.15, 0.2) is 23.1 Å². The Hall–Kier alpha value is -1.54. The predicted molar refractivity (Wildman–Crippen MR) is 79.8 cm³/mol. The molecule has 8 heteroatoms. The van der Waals surface area contributed by atoms with E-state index in [0.717, 1.165) is 6.07 Å². The standard InChI is InChI=1S/C15H19F2NO4S/c1-10-3-2-4-12(13(10)16)23(21,22)18-9-15(17)7-5-11(6-8-15)14(19)20/h2-4,11,18H,5-9H2,1H3,(H,19,20). The molecular weight excluding hydrogens is 328 g/mol. The highest BCUT2D eigenvalue weighted by molar-refractivity contribution is 7.89. The van der Waals surface area contributed by atoms with E-state index >= 15 is 0 Å². The molecule has 2 rings (SSSR count). The minimum absolute atomic E-state index is 0.0389. The number of hydrogen-bond acceptors (Lipinski definition) is 3. The molecule has 0 unspecified atom stereocenters. The van der Waals surface area contributed by atoms with Crippen molar-refractivity contribution in [2.24, 2.45) is 5.92 Å². The highest BCUT2D eigenvalue weighted by Crippen LogP contribution is 2.35. The topological polar surface area (TPSA) is 83.5 Å². The lowest BCUT2D eigenvalue weighted by atomic mass is 9.80. The monoisotopic (exact) mass is 347 g/mol. The number of aryl methyl sites for hydroxylation is 1. The molecule has 0 atom stereocenters. The van der Waals surface area contributed by atoms with E-state index < -0.39 is 44.8 Å². The predicted octanol–water partition coefficient (Wildman–Crippen LogP) is 2.40. The van der Waals surface area contributed by atoms with Gasteiger partial charge < -0.3 is 5.11 Å². The molecule has 0 bridgehead atoms. The molecule has 1 aromatic carbocycles. The zero-order valence-corrected chi connectivity index (χ0v) is 13.5. The highest BCUT2D eigenvalue weighted by atomic mass is 32.2. The van der Waals surface area contributed by atoms with Crippen molar-refractivity contribution in [3.8, 4) is 0 Å². The van der Waals surface area contributed by atoms with E-state index in [9.17, 15) is 22.0 Å². The van der Waals surface area contributed by atoms with E-state index in [1.165, 1.54) is 19.1 Å². The van der Waals surface area contributed by atoms with Crippen molar-refractivity contribution in [2.45, 2.75) is 43.2 Å². The van der Waals surface area contributed by atoms with Crippen LogP contribution in [0, 0.1) is 18.7 Å². The van der Waals surface area contributed by atoms with Crippen molar-refractivity contribution >= 4 is 16.0 Å². The van der Waals surface area contributed by atoms with Gasteiger partial charge in [-0.15, -0.1) is 0 Å². The molecule has 0 spiro atoms. The number of hydrogen-bond donors (Lipinski definition) is 2. The Balaban J connectivity index is 2.05. The lowest BCUT2D eigenvalue weighted by molar-refractivity contribution is -0.143. The van der Waals surface area contributed by atoms with E-state index in [1.54, 1.807) is 0 Å². The first kappa shape index (κ1) is 17.8. The smallest absolute Gasteiger partial charge is 0.306 e. The third-order valence-electron chi connectivity index (χ3n) is 4.26. The van der Waals surface area contributed by atoms with Crippen LogP contribution in [0.1, 0.15) is 31.2 Å². The molecule has 1 fully saturated rings. The Labute approximate surface area is 133 Å². The highest BCUT2D eigenvalue weighted by Gasteiger charge is 2.38. The normalized spacial score (nSPS) is 25.3. The third-order valence-corrected chi connectivity index (χ3v) is 5.67. The van der Waals surface area contributed by atoms with Crippen LogP contribution < -0.4 is 4.72 Å². The maximum absolute atomic E-state index is 14.6. The molecule has 23 heavy (non-hydrogen) atoms. The lowest BCUT2D eigenvalue weighted by Gasteiger charge is -2.32. The largest absolute Gasteiger partial charge is 0.481 e. The molecule has 0 radical (unpaired) electrons. The summed E-state index contributed by atoms with van der Waals surface area (Å²) in [7, 11) is -4.16. The second kappa shape index (κ2) is 6.52. The van der Waals surface area contributed by atoms with Gasteiger partial charge >= 0.3 is 5.97 Å². The van der Waals surface area contributed by atoms with Gasteiger partial charge in [-0.25, -0.2) is 21.9 Å². The molecule has 1 saturated carbocycles. The van der Waals surface area contributed by atoms with E-state index in [0.29, 0.717) is 0 Å². The Morgan fingerprint density at radius 2 is 2.00 bits per heavy atom. The number of carbonyl (C=O) groups is 1. The van der Waals surface area contributed by atoms with Crippen LogP contribution in [0.25, 0.3) is 0 Å². The average molecular weight is 347 g/mol. The molecule has 5 nitrogen and oxygen atoms in total. The fourth-order valence-electron chi connectivity index (χ4n) is 2.69. The Bertz CT molecular complexity index is 697. The van der Waals surface area contributed by atoms with Crippen molar-refractivity contribution in [1.29, 1.82) is 0 Å². The van der Waals surface area contributed by atoms with Crippen LogP contribution in [0.3, 0.4) is 0 Å². The maximum Gasteiger partial charge on any atom is 0.306 e. The number of nitrogens with one attached hydrogen (secondary N) is 1. The molecule has 2 N–H and O–H groups in total. The second-order valence-electron chi connectivity index (χ2n) is 5.97. The van der Waals surface area contributed by atoms with Gasteiger partial charge in [0.2, 0.25) is 10.0 Å². The molecule has 1 aromatic rings. The van der Waals surface area contributed by atoms with Gasteiger partial charge in [0.05, 0.1) is 5.92 Å². The zero-order chi connectivity index (χ0) is 17.3. The van der Waals surface area contributed by atoms with Gasteiger partial charge in [0.15, 0.2) is 0 Å². The van der Waals surface area contributed by atoms with E-state index in [1.807, 2.05) is 0 Å². The Morgan fingerprint density at radius 3 is 2.57 bits per heavy atom. The van der Waals surface area contributed by atoms with Gasteiger partial charge in [-0.05, 0) is 44.2 Å². The summed E-state index contributed by atoms with van der Waals surface area (Å²) in [6.07, 6.45) is 0.240. The van der Waals surface area contributed by atoms with Gasteiger partial charge in [-0.3, -0.25) is 4.79 Å². The fraction of sp³-hybridized carbons (Fsp3) is 0.533. The van der Waals surface area contributed by atoms with Crippen molar-refractivity contribution < 1.29 is 27.1 Å². The minimum atomic E-state index is -4.16. The van der Waals surface area contributed by atoms with E-state index in [4.69, 9.17) is 5.11 Å². The number of aliphatic carboxylic acids is 1. The minimum Gasteiger partial charge on any atom is -0.481 e. The number of rotatable bonds is 5. The quantitative estimate of drug-likeness (QED) is 0.857. The first-order valence-corrected chi connectivity index (χ1v) is 8.79. The summed E-state index contributed by atoms with van der Waals surface area (Å²) in [5, 5.41) is 8.90. The summed E-state index contributed by atoms with van der Waals surface area (Å²) < 4.78 is 55.0. The van der Waals surface area contributed by atoms with Crippen LogP contribution in [0.2, 0.25) is 0 Å². The van der Waals surface area contributed by atoms with Crippen molar-refractivity contribution in [3.05, 3.63) is 29.6 Å². The number of sulfonamides is 1. The second-order valence-corrected chi connectivity index (χ2v) is 7.71. The molecule has 0 heterocycles. The summed E-state index contributed by atoms with van der Waals surface area (Å²) in [5.41, 5.74) is -1.62. The number of halogens is 2. The Kier molecular flexibility index (Phi) is 5.05. The van der Waals surface area contributed by atoms with Crippen LogP contribution >= 0.6 is 0 Å². The molecule has 0 aromatic heterocycles. The third kappa shape index (κ3) is 4.06. The molecule has 0 saturated heterocycles. The summed E-state index contributed by atoms with van der Waals surface area (Å²) in [5.74, 6) is -2.42. The summed E-state index contributed by atoms with van der Waals surface area (Å²) >= 11 is 0. The maximum atomic E-state index is 14.6. The molecule has 1 aliphatic carbocycles. The van der Waals surface area contributed by atoms with Gasteiger partial charge in [-0.1, -0.05) is 12.1 Å². The molecule has 128 valence electrons. The van der Waals surface area contributed by atoms with Crippen LogP contribution in [0.4, 0.5) is 8.78 Å². The van der Waals surface area contributed by atoms with Gasteiger partial charge in [-0.2, -0.15) is 0 Å². The first-order valence-electron chi connectivity index (χ1n) is 7.31. The van der Waals surface area contributed by atoms with Crippen molar-refractivity contribution in [3.63, 3.8) is 0 Å². The fourth-order valence-corrected chi connectivity index (χ4v) is 3.95. The molecular formula is C15H19F2NO4S. The summed E-state index contributed by atoms with van der Waals surface area (Å²) in [6.45, 7) is 0.952. The number of carboxylic acids is 1. The SMILES string of the molecule is Cc1cccc(S(=O)(=O)NCC2(F)CCC(C(=O)O)CC2)c1F. The molecule has 1 aliphatic rings. The first-order chi connectivity index (χ1) is 10.6. The number of carboxylic acid groups (broad SMARTS) is 1.